The summed E-state index contributed by atoms with van der Waals surface area (Å²) in [5.41, 5.74) is 3.49. The number of hydrogen-bond donors (Lipinski definition) is 1. The molecule has 1 spiro atoms. The van der Waals surface area contributed by atoms with Crippen LogP contribution in [0.3, 0.4) is 0 Å². The van der Waals surface area contributed by atoms with Gasteiger partial charge in [-0.3, -0.25) is 4.90 Å². The van der Waals surface area contributed by atoms with Crippen LogP contribution in [-0.2, 0) is 11.3 Å². The molecule has 2 aliphatic rings. The predicted octanol–water partition coefficient (Wildman–Crippen LogP) is 2.39. The highest BCUT2D eigenvalue weighted by molar-refractivity contribution is 5.42. The first-order valence-corrected chi connectivity index (χ1v) is 9.07. The highest BCUT2D eigenvalue weighted by atomic mass is 16.5. The van der Waals surface area contributed by atoms with Crippen molar-refractivity contribution in [1.82, 2.24) is 14.3 Å². The fourth-order valence-electron chi connectivity index (χ4n) is 4.43. The molecule has 4 rings (SSSR count). The lowest BCUT2D eigenvalue weighted by Gasteiger charge is -2.56. The van der Waals surface area contributed by atoms with Gasteiger partial charge in [-0.15, -0.1) is 0 Å². The number of aromatic nitrogens is 2. The van der Waals surface area contributed by atoms with E-state index in [2.05, 4.69) is 39.5 Å². The van der Waals surface area contributed by atoms with Crippen LogP contribution >= 0.6 is 0 Å². The quantitative estimate of drug-likeness (QED) is 0.936. The SMILES string of the molecule is CCOC1CC(O)C12CCN(Cc1cnc3cc(C)ccn13)CC2. The maximum Gasteiger partial charge on any atom is 0.137 e. The van der Waals surface area contributed by atoms with Crippen molar-refractivity contribution in [2.24, 2.45) is 5.41 Å². The van der Waals surface area contributed by atoms with Crippen molar-refractivity contribution in [1.29, 1.82) is 0 Å². The second-order valence-electron chi connectivity index (χ2n) is 7.39. The van der Waals surface area contributed by atoms with Gasteiger partial charge in [-0.2, -0.15) is 0 Å². The van der Waals surface area contributed by atoms with Gasteiger partial charge < -0.3 is 14.2 Å². The number of imidazole rings is 1. The lowest BCUT2D eigenvalue weighted by atomic mass is 9.58. The predicted molar refractivity (Wildman–Crippen MR) is 92.9 cm³/mol. The van der Waals surface area contributed by atoms with Gasteiger partial charge in [0.25, 0.3) is 0 Å². The normalized spacial score (nSPS) is 26.8. The van der Waals surface area contributed by atoms with E-state index in [9.17, 15) is 5.11 Å². The lowest BCUT2D eigenvalue weighted by molar-refractivity contribution is -0.210. The molecule has 0 radical (unpaired) electrons. The second kappa shape index (κ2) is 6.14. The fourth-order valence-corrected chi connectivity index (χ4v) is 4.43. The molecule has 2 atom stereocenters. The zero-order valence-electron chi connectivity index (χ0n) is 14.6. The number of nitrogens with zero attached hydrogens (tertiary/aromatic N) is 3. The first-order chi connectivity index (χ1) is 11.6. The molecule has 1 saturated carbocycles. The van der Waals surface area contributed by atoms with E-state index in [4.69, 9.17) is 4.74 Å². The van der Waals surface area contributed by atoms with Gasteiger partial charge in [0.2, 0.25) is 0 Å². The van der Waals surface area contributed by atoms with E-state index in [0.717, 1.165) is 51.2 Å². The van der Waals surface area contributed by atoms with Gasteiger partial charge in [-0.1, -0.05) is 0 Å². The third-order valence-electron chi connectivity index (χ3n) is 6.03. The van der Waals surface area contributed by atoms with E-state index in [-0.39, 0.29) is 17.6 Å². The minimum absolute atomic E-state index is 0.00308. The molecule has 2 aromatic rings. The maximum absolute atomic E-state index is 10.3. The van der Waals surface area contributed by atoms with Crippen LogP contribution in [0.2, 0.25) is 0 Å². The maximum atomic E-state index is 10.3. The second-order valence-corrected chi connectivity index (χ2v) is 7.39. The molecule has 1 aliphatic heterocycles. The van der Waals surface area contributed by atoms with Crippen LogP contribution in [-0.4, -0.2) is 51.3 Å². The summed E-state index contributed by atoms with van der Waals surface area (Å²) in [5, 5.41) is 10.3. The molecule has 2 unspecified atom stereocenters. The topological polar surface area (TPSA) is 50.0 Å². The molecule has 2 aromatic heterocycles. The molecule has 0 bridgehead atoms. The van der Waals surface area contributed by atoms with E-state index in [1.54, 1.807) is 0 Å². The van der Waals surface area contributed by atoms with Gasteiger partial charge in [-0.05, 0) is 57.5 Å². The Kier molecular flexibility index (Phi) is 4.11. The zero-order chi connectivity index (χ0) is 16.7. The Hall–Kier alpha value is -1.43. The van der Waals surface area contributed by atoms with Gasteiger partial charge in [0.05, 0.1) is 24.1 Å². The molecule has 24 heavy (non-hydrogen) atoms. The van der Waals surface area contributed by atoms with Crippen LogP contribution in [0.1, 0.15) is 37.4 Å². The van der Waals surface area contributed by atoms with Crippen LogP contribution in [0.25, 0.3) is 5.65 Å². The standard InChI is InChI=1S/C19H27N3O2/c1-3-24-17-11-16(23)19(17)5-8-21(9-6-19)13-15-12-20-18-10-14(2)4-7-22(15)18/h4,7,10,12,16-17,23H,3,5-6,8-9,11,13H2,1-2H3. The highest BCUT2D eigenvalue weighted by Crippen LogP contribution is 2.51. The number of aryl methyl sites for hydroxylation is 1. The summed E-state index contributed by atoms with van der Waals surface area (Å²) in [5.74, 6) is 0. The van der Waals surface area contributed by atoms with Gasteiger partial charge in [0.15, 0.2) is 0 Å². The molecule has 130 valence electrons. The molecule has 0 aromatic carbocycles. The summed E-state index contributed by atoms with van der Waals surface area (Å²) in [6.07, 6.45) is 7.01. The Morgan fingerprint density at radius 3 is 2.88 bits per heavy atom. The molecule has 0 amide bonds. The number of fused-ring (bicyclic) bond motifs is 1. The number of likely N-dealkylation sites (tertiary alicyclic amines) is 1. The average molecular weight is 329 g/mol. The number of ether oxygens (including phenoxy) is 1. The van der Waals surface area contributed by atoms with Crippen molar-refractivity contribution >= 4 is 5.65 Å². The molecule has 1 saturated heterocycles. The summed E-state index contributed by atoms with van der Waals surface area (Å²) < 4.78 is 8.04. The summed E-state index contributed by atoms with van der Waals surface area (Å²) >= 11 is 0. The largest absolute Gasteiger partial charge is 0.392 e. The summed E-state index contributed by atoms with van der Waals surface area (Å²) in [7, 11) is 0. The Morgan fingerprint density at radius 2 is 2.17 bits per heavy atom. The Bertz CT molecular complexity index is 716. The number of rotatable bonds is 4. The Morgan fingerprint density at radius 1 is 1.38 bits per heavy atom. The van der Waals surface area contributed by atoms with Gasteiger partial charge in [0.1, 0.15) is 5.65 Å². The number of aliphatic hydroxyl groups excluding tert-OH is 1. The first-order valence-electron chi connectivity index (χ1n) is 9.07. The van der Waals surface area contributed by atoms with Crippen molar-refractivity contribution in [3.8, 4) is 0 Å². The summed E-state index contributed by atoms with van der Waals surface area (Å²) in [6.45, 7) is 7.82. The van der Waals surface area contributed by atoms with E-state index in [1.165, 1.54) is 11.3 Å². The molecule has 3 heterocycles. The fraction of sp³-hybridized carbons (Fsp3) is 0.632. The molecular weight excluding hydrogens is 302 g/mol. The van der Waals surface area contributed by atoms with Gasteiger partial charge in [0, 0.05) is 31.2 Å². The van der Waals surface area contributed by atoms with Crippen molar-refractivity contribution in [3.63, 3.8) is 0 Å². The smallest absolute Gasteiger partial charge is 0.137 e. The molecule has 5 heteroatoms. The Balaban J connectivity index is 1.43. The van der Waals surface area contributed by atoms with Crippen LogP contribution in [0.5, 0.6) is 0 Å². The molecule has 5 nitrogen and oxygen atoms in total. The number of pyridine rings is 1. The number of piperidine rings is 1. The van der Waals surface area contributed by atoms with Crippen molar-refractivity contribution in [3.05, 3.63) is 35.8 Å². The van der Waals surface area contributed by atoms with Crippen molar-refractivity contribution in [2.45, 2.75) is 51.9 Å². The molecule has 1 aliphatic carbocycles. The van der Waals surface area contributed by atoms with Gasteiger partial charge >= 0.3 is 0 Å². The zero-order valence-corrected chi connectivity index (χ0v) is 14.6. The number of hydrogen-bond acceptors (Lipinski definition) is 4. The van der Waals surface area contributed by atoms with Crippen LogP contribution < -0.4 is 0 Å². The third-order valence-corrected chi connectivity index (χ3v) is 6.03. The minimum Gasteiger partial charge on any atom is -0.392 e. The molecular formula is C19H27N3O2. The monoisotopic (exact) mass is 329 g/mol. The number of aliphatic hydroxyl groups is 1. The summed E-state index contributed by atoms with van der Waals surface area (Å²) in [6, 6.07) is 4.24. The van der Waals surface area contributed by atoms with Crippen molar-refractivity contribution in [2.75, 3.05) is 19.7 Å². The highest BCUT2D eigenvalue weighted by Gasteiger charge is 2.55. The van der Waals surface area contributed by atoms with Crippen molar-refractivity contribution < 1.29 is 9.84 Å². The third kappa shape index (κ3) is 2.55. The minimum atomic E-state index is -0.185. The van der Waals surface area contributed by atoms with Crippen LogP contribution in [0.4, 0.5) is 0 Å². The lowest BCUT2D eigenvalue weighted by Crippen LogP contribution is -2.62. The van der Waals surface area contributed by atoms with E-state index >= 15 is 0 Å². The molecule has 1 N–H and O–H groups in total. The Labute approximate surface area is 143 Å². The molecule has 2 fully saturated rings. The van der Waals surface area contributed by atoms with Crippen LogP contribution in [0.15, 0.2) is 24.5 Å². The van der Waals surface area contributed by atoms with E-state index < -0.39 is 0 Å². The van der Waals surface area contributed by atoms with Gasteiger partial charge in [-0.25, -0.2) is 4.98 Å². The van der Waals surface area contributed by atoms with Crippen LogP contribution in [0, 0.1) is 12.3 Å². The summed E-state index contributed by atoms with van der Waals surface area (Å²) in [4.78, 5) is 7.00. The first kappa shape index (κ1) is 16.1. The van der Waals surface area contributed by atoms with E-state index in [0.29, 0.717) is 0 Å². The average Bonchev–Trinajstić information content (AvgIpc) is 2.97. The van der Waals surface area contributed by atoms with E-state index in [1.807, 2.05) is 13.1 Å².